The average Bonchev–Trinajstić information content (AvgIpc) is 3.82. The Balaban J connectivity index is 1.36. The van der Waals surface area contributed by atoms with E-state index in [1.807, 2.05) is 0 Å². The minimum atomic E-state index is -3.02. The summed E-state index contributed by atoms with van der Waals surface area (Å²) in [7, 11) is 0. The second-order valence-corrected chi connectivity index (χ2v) is 36.9. The molecule has 0 aliphatic heterocycles. The van der Waals surface area contributed by atoms with Crippen molar-refractivity contribution in [2.24, 2.45) is 0 Å². The van der Waals surface area contributed by atoms with Gasteiger partial charge in [0.05, 0.1) is 0 Å². The number of rotatable bonds is 18. The predicted molar refractivity (Wildman–Crippen MR) is 264 cm³/mol. The summed E-state index contributed by atoms with van der Waals surface area (Å²) in [5.74, 6) is 0. The molecule has 2 heteroatoms. The zero-order valence-electron chi connectivity index (χ0n) is 38.8. The standard InChI is InChI=1S/2C20H15.4C4H9.C3H6.2Ti/c2*1-14-12-16-8-5-11-19(20(16)13-14)18-10-4-7-15-6-2-3-9-17(15)18;4*1-3-4-2;1-3-2;;/h2*2-13H,1H3;4*1,3-4H2,2H3;1-2H3;;. The third kappa shape index (κ3) is 7.69. The van der Waals surface area contributed by atoms with Crippen LogP contribution in [0.1, 0.15) is 137 Å². The zero-order chi connectivity index (χ0) is 42.8. The molecule has 0 saturated carbocycles. The summed E-state index contributed by atoms with van der Waals surface area (Å²) in [6.45, 7) is 21.0. The molecule has 0 fully saturated rings. The molecule has 0 heterocycles. The van der Waals surface area contributed by atoms with Crippen LogP contribution in [-0.4, -0.2) is 0 Å². The SMILES string of the molecule is CCC[CH2][Ti]([CH2]CCC)([CH]1C(C)=Cc2c(-c3cccc4ccccc34)cccc21)[C](C)(C)[Ti]([CH2]CCC)([CH2]CCC)[CH]1C(C)=Cc2c(-c3cccc4ccccc34)cccc21. The molecule has 0 amide bonds. The van der Waals surface area contributed by atoms with Crippen LogP contribution in [-0.2, 0) is 33.2 Å². The predicted octanol–water partition coefficient (Wildman–Crippen LogP) is 19.3. The van der Waals surface area contributed by atoms with Crippen molar-refractivity contribution in [2.75, 3.05) is 0 Å². The molecule has 2 aliphatic carbocycles. The van der Waals surface area contributed by atoms with Gasteiger partial charge in [0.1, 0.15) is 0 Å². The second kappa shape index (κ2) is 18.8. The third-order valence-corrected chi connectivity index (χ3v) is 44.0. The molecule has 0 aromatic heterocycles. The van der Waals surface area contributed by atoms with Gasteiger partial charge in [-0.1, -0.05) is 0 Å². The Hall–Kier alpha value is -3.25. The Labute approximate surface area is 377 Å². The van der Waals surface area contributed by atoms with Gasteiger partial charge >= 0.3 is 380 Å². The molecule has 8 rings (SSSR count). The zero-order valence-corrected chi connectivity index (χ0v) is 42.0. The van der Waals surface area contributed by atoms with Crippen LogP contribution in [0.5, 0.6) is 0 Å². The van der Waals surface area contributed by atoms with Crippen LogP contribution in [0.2, 0.25) is 20.9 Å². The number of hydrogen-bond acceptors (Lipinski definition) is 0. The minimum absolute atomic E-state index is 0.363. The Morgan fingerprint density at radius 3 is 1.11 bits per heavy atom. The molecule has 6 aromatic rings. The quantitative estimate of drug-likeness (QED) is 0.0755. The van der Waals surface area contributed by atoms with E-state index in [4.69, 9.17) is 0 Å². The Morgan fingerprint density at radius 2 is 0.738 bits per heavy atom. The van der Waals surface area contributed by atoms with Crippen LogP contribution in [0.15, 0.2) is 132 Å². The van der Waals surface area contributed by atoms with Gasteiger partial charge in [0.25, 0.3) is 0 Å². The first-order valence-corrected chi connectivity index (χ1v) is 32.0. The summed E-state index contributed by atoms with van der Waals surface area (Å²) in [6, 6.07) is 46.9. The van der Waals surface area contributed by atoms with Crippen LogP contribution in [0.25, 0.3) is 56.0 Å². The van der Waals surface area contributed by atoms with Gasteiger partial charge in [-0.3, -0.25) is 0 Å². The fraction of sp³-hybridized carbons (Fsp3) is 0.390. The molecule has 0 N–H and O–H groups in total. The van der Waals surface area contributed by atoms with E-state index >= 15 is 0 Å². The van der Waals surface area contributed by atoms with Gasteiger partial charge in [-0.15, -0.1) is 0 Å². The fourth-order valence-electron chi connectivity index (χ4n) is 13.2. The molecular formula is C59H72Ti2. The van der Waals surface area contributed by atoms with E-state index < -0.39 is 33.2 Å². The maximum atomic E-state index is 2.98. The third-order valence-electron chi connectivity index (χ3n) is 16.2. The fourth-order valence-corrected chi connectivity index (χ4v) is 46.8. The molecule has 2 aliphatic rings. The van der Waals surface area contributed by atoms with Crippen molar-refractivity contribution in [3.05, 3.63) is 155 Å². The Morgan fingerprint density at radius 1 is 0.410 bits per heavy atom. The van der Waals surface area contributed by atoms with E-state index in [0.717, 1.165) is 0 Å². The number of benzene rings is 6. The van der Waals surface area contributed by atoms with Gasteiger partial charge in [0.2, 0.25) is 0 Å². The molecule has 61 heavy (non-hydrogen) atoms. The topological polar surface area (TPSA) is 0 Å². The van der Waals surface area contributed by atoms with Gasteiger partial charge in [0, 0.05) is 0 Å². The van der Waals surface area contributed by atoms with Crippen LogP contribution in [0, 0.1) is 0 Å². The van der Waals surface area contributed by atoms with Gasteiger partial charge in [-0.25, -0.2) is 0 Å². The first-order valence-electron chi connectivity index (χ1n) is 24.3. The molecule has 2 unspecified atom stereocenters. The van der Waals surface area contributed by atoms with Crippen molar-refractivity contribution >= 4 is 33.7 Å². The van der Waals surface area contributed by atoms with Crippen LogP contribution >= 0.6 is 0 Å². The van der Waals surface area contributed by atoms with Gasteiger partial charge in [-0.05, 0) is 0 Å². The van der Waals surface area contributed by atoms with Gasteiger partial charge < -0.3 is 0 Å². The average molecular weight is 877 g/mol. The summed E-state index contributed by atoms with van der Waals surface area (Å²) in [6.07, 6.45) is 16.0. The van der Waals surface area contributed by atoms with Crippen molar-refractivity contribution in [1.29, 1.82) is 0 Å². The van der Waals surface area contributed by atoms with Crippen molar-refractivity contribution in [2.45, 2.75) is 136 Å². The van der Waals surface area contributed by atoms with E-state index in [9.17, 15) is 0 Å². The van der Waals surface area contributed by atoms with E-state index in [0.29, 0.717) is 10.5 Å². The number of hydrogen-bond donors (Lipinski definition) is 0. The van der Waals surface area contributed by atoms with E-state index in [-0.39, 0.29) is 0 Å². The molecule has 0 saturated heterocycles. The van der Waals surface area contributed by atoms with Crippen molar-refractivity contribution < 1.29 is 33.2 Å². The molecule has 6 aromatic carbocycles. The van der Waals surface area contributed by atoms with Crippen molar-refractivity contribution in [3.63, 3.8) is 0 Å². The summed E-state index contributed by atoms with van der Waals surface area (Å²) >= 11 is -6.05. The van der Waals surface area contributed by atoms with E-state index in [1.165, 1.54) is 125 Å². The van der Waals surface area contributed by atoms with Crippen molar-refractivity contribution in [3.8, 4) is 22.3 Å². The monoisotopic (exact) mass is 876 g/mol. The first kappa shape index (κ1) is 44.4. The van der Waals surface area contributed by atoms with E-state index in [1.54, 1.807) is 22.3 Å². The first-order chi connectivity index (χ1) is 29.7. The van der Waals surface area contributed by atoms with Crippen molar-refractivity contribution in [1.82, 2.24) is 0 Å². The van der Waals surface area contributed by atoms with Crippen LogP contribution in [0.3, 0.4) is 0 Å². The Kier molecular flexibility index (Phi) is 13.7. The summed E-state index contributed by atoms with van der Waals surface area (Å²) in [5, 5.41) is 5.41. The van der Waals surface area contributed by atoms with Crippen LogP contribution < -0.4 is 0 Å². The maximum absolute atomic E-state index is 3.02. The van der Waals surface area contributed by atoms with E-state index in [2.05, 4.69) is 189 Å². The normalized spacial score (nSPS) is 16.5. The second-order valence-electron chi connectivity index (χ2n) is 19.7. The molecule has 0 bridgehead atoms. The molecular weight excluding hydrogens is 804 g/mol. The molecule has 316 valence electrons. The number of allylic oxidation sites excluding steroid dienone is 2. The summed E-state index contributed by atoms with van der Waals surface area (Å²) < 4.78 is 7.50. The molecule has 0 nitrogen and oxygen atoms in total. The summed E-state index contributed by atoms with van der Waals surface area (Å²) in [4.78, 5) is 0. The van der Waals surface area contributed by atoms with Gasteiger partial charge in [0.15, 0.2) is 0 Å². The van der Waals surface area contributed by atoms with Gasteiger partial charge in [-0.2, -0.15) is 0 Å². The molecule has 0 spiro atoms. The molecule has 2 atom stereocenters. The summed E-state index contributed by atoms with van der Waals surface area (Å²) in [5.41, 5.74) is 15.4. The number of fused-ring (bicyclic) bond motifs is 4. The number of unbranched alkanes of at least 4 members (excludes halogenated alkanes) is 4. The van der Waals surface area contributed by atoms with Crippen LogP contribution in [0.4, 0.5) is 0 Å². The molecule has 0 radical (unpaired) electrons. The Bertz CT molecular complexity index is 2360.